The topological polar surface area (TPSA) is 52.8 Å². The van der Waals surface area contributed by atoms with Gasteiger partial charge in [0.2, 0.25) is 0 Å². The molecule has 0 saturated heterocycles. The lowest BCUT2D eigenvalue weighted by Gasteiger charge is -1.98. The Bertz CT molecular complexity index is 231. The number of esters is 1. The molecule has 1 radical (unpaired) electrons. The van der Waals surface area contributed by atoms with Crippen molar-refractivity contribution in [3.8, 4) is 0 Å². The molecule has 0 N–H and O–H groups in total. The van der Waals surface area contributed by atoms with Crippen LogP contribution < -0.4 is 5.32 Å². The van der Waals surface area contributed by atoms with E-state index in [0.717, 1.165) is 0 Å². The Hall–Kier alpha value is -1.32. The largest absolute Gasteiger partial charge is 0.464 e. The van der Waals surface area contributed by atoms with Crippen LogP contribution in [0.4, 0.5) is 0 Å². The minimum atomic E-state index is -0.417. The van der Waals surface area contributed by atoms with Gasteiger partial charge in [0.25, 0.3) is 0 Å². The van der Waals surface area contributed by atoms with Crippen LogP contribution in [0.5, 0.6) is 0 Å². The van der Waals surface area contributed by atoms with Gasteiger partial charge >= 0.3 is 5.97 Å². The monoisotopic (exact) mass is 153 g/mol. The maximum absolute atomic E-state index is 10.9. The van der Waals surface area contributed by atoms with Crippen LogP contribution in [0.2, 0.25) is 0 Å². The zero-order chi connectivity index (χ0) is 8.27. The molecule has 0 bridgehead atoms. The first-order valence-electron chi connectivity index (χ1n) is 3.34. The van der Waals surface area contributed by atoms with Crippen LogP contribution in [0.15, 0.2) is 16.4 Å². The first-order chi connectivity index (χ1) is 5.29. The van der Waals surface area contributed by atoms with Crippen molar-refractivity contribution in [3.05, 3.63) is 11.4 Å². The Morgan fingerprint density at radius 1 is 1.73 bits per heavy atom. The van der Waals surface area contributed by atoms with E-state index < -0.39 is 5.97 Å². The molecular formula is C7H9N2O2. The van der Waals surface area contributed by atoms with Crippen molar-refractivity contribution < 1.29 is 9.53 Å². The lowest BCUT2D eigenvalue weighted by Crippen LogP contribution is -2.12. The van der Waals surface area contributed by atoms with Gasteiger partial charge in [0.1, 0.15) is 6.34 Å². The minimum absolute atomic E-state index is 0.329. The molecular weight excluding hydrogens is 144 g/mol. The highest BCUT2D eigenvalue weighted by Gasteiger charge is 2.18. The Balaban J connectivity index is 2.79. The third kappa shape index (κ3) is 1.39. The second kappa shape index (κ2) is 3.18. The molecule has 0 spiro atoms. The summed E-state index contributed by atoms with van der Waals surface area (Å²) in [6.07, 6.45) is 2.06. The van der Waals surface area contributed by atoms with Crippen molar-refractivity contribution in [2.24, 2.45) is 4.99 Å². The van der Waals surface area contributed by atoms with Gasteiger partial charge in [0, 0.05) is 0 Å². The number of hydrogen-bond acceptors (Lipinski definition) is 3. The molecule has 0 saturated carbocycles. The summed E-state index contributed by atoms with van der Waals surface area (Å²) in [4.78, 5) is 14.8. The van der Waals surface area contributed by atoms with Crippen LogP contribution in [0, 0.1) is 0 Å². The van der Waals surface area contributed by atoms with Gasteiger partial charge < -0.3 is 4.74 Å². The van der Waals surface area contributed by atoms with E-state index in [0.29, 0.717) is 17.8 Å². The van der Waals surface area contributed by atoms with Crippen LogP contribution in [-0.4, -0.2) is 19.4 Å². The number of rotatable bonds is 2. The highest BCUT2D eigenvalue weighted by Crippen LogP contribution is 2.13. The second-order valence-electron chi connectivity index (χ2n) is 2.01. The summed E-state index contributed by atoms with van der Waals surface area (Å²) in [5, 5.41) is 3.77. The molecule has 59 valence electrons. The molecule has 1 aliphatic heterocycles. The normalized spacial score (nSPS) is 15.1. The minimum Gasteiger partial charge on any atom is -0.464 e. The summed E-state index contributed by atoms with van der Waals surface area (Å²) in [6, 6.07) is 0. The lowest BCUT2D eigenvalue weighted by molar-refractivity contribution is -0.136. The van der Waals surface area contributed by atoms with Crippen LogP contribution in [-0.2, 0) is 9.53 Å². The van der Waals surface area contributed by atoms with Gasteiger partial charge in [0.15, 0.2) is 5.70 Å². The SMILES string of the molecule is CCC1=C(C(=O)OC)[N]C=N1. The van der Waals surface area contributed by atoms with Gasteiger partial charge in [0.05, 0.1) is 12.8 Å². The summed E-state index contributed by atoms with van der Waals surface area (Å²) >= 11 is 0. The van der Waals surface area contributed by atoms with E-state index >= 15 is 0 Å². The Morgan fingerprint density at radius 3 is 3.00 bits per heavy atom. The molecule has 0 fully saturated rings. The Labute approximate surface area is 65.0 Å². The van der Waals surface area contributed by atoms with Crippen molar-refractivity contribution in [3.63, 3.8) is 0 Å². The van der Waals surface area contributed by atoms with Crippen molar-refractivity contribution in [2.45, 2.75) is 13.3 Å². The average molecular weight is 153 g/mol. The van der Waals surface area contributed by atoms with E-state index in [1.807, 2.05) is 6.92 Å². The van der Waals surface area contributed by atoms with Gasteiger partial charge in [-0.2, -0.15) is 0 Å². The molecule has 0 atom stereocenters. The third-order valence-corrected chi connectivity index (χ3v) is 1.39. The predicted octanol–water partition coefficient (Wildman–Crippen LogP) is 0.427. The zero-order valence-electron chi connectivity index (χ0n) is 6.50. The molecule has 0 amide bonds. The van der Waals surface area contributed by atoms with E-state index in [9.17, 15) is 4.79 Å². The van der Waals surface area contributed by atoms with Gasteiger partial charge in [-0.25, -0.2) is 15.1 Å². The number of carbonyl (C=O) groups excluding carboxylic acids is 1. The number of allylic oxidation sites excluding steroid dienone is 1. The van der Waals surface area contributed by atoms with Crippen LogP contribution >= 0.6 is 0 Å². The third-order valence-electron chi connectivity index (χ3n) is 1.39. The highest BCUT2D eigenvalue weighted by molar-refractivity contribution is 5.93. The molecule has 0 aromatic heterocycles. The maximum atomic E-state index is 10.9. The van der Waals surface area contributed by atoms with E-state index in [4.69, 9.17) is 0 Å². The smallest absolute Gasteiger partial charge is 0.358 e. The summed E-state index contributed by atoms with van der Waals surface area (Å²) in [5.41, 5.74) is 1.02. The second-order valence-corrected chi connectivity index (χ2v) is 2.01. The average Bonchev–Trinajstić information content (AvgIpc) is 2.50. The molecule has 1 rings (SSSR count). The molecule has 4 nitrogen and oxygen atoms in total. The van der Waals surface area contributed by atoms with E-state index in [2.05, 4.69) is 15.0 Å². The van der Waals surface area contributed by atoms with Crippen molar-refractivity contribution in [1.82, 2.24) is 5.32 Å². The zero-order valence-corrected chi connectivity index (χ0v) is 6.50. The molecule has 0 unspecified atom stereocenters. The molecule has 11 heavy (non-hydrogen) atoms. The molecule has 0 aromatic carbocycles. The van der Waals surface area contributed by atoms with Gasteiger partial charge in [-0.3, -0.25) is 0 Å². The molecule has 1 heterocycles. The summed E-state index contributed by atoms with van der Waals surface area (Å²) in [6.45, 7) is 1.91. The van der Waals surface area contributed by atoms with Gasteiger partial charge in [-0.15, -0.1) is 0 Å². The number of hydrogen-bond donors (Lipinski definition) is 0. The summed E-state index contributed by atoms with van der Waals surface area (Å²) in [5.74, 6) is -0.417. The number of aliphatic imine (C=N–C) groups is 1. The fourth-order valence-corrected chi connectivity index (χ4v) is 0.818. The standard InChI is InChI=1S/C7H9N2O2/c1-3-5-6(7(10)11-2)9-4-8-5/h4H,3H2,1-2H3. The predicted molar refractivity (Wildman–Crippen MR) is 40.0 cm³/mol. The van der Waals surface area contributed by atoms with E-state index in [1.165, 1.54) is 13.4 Å². The number of methoxy groups -OCH3 is 1. The fraction of sp³-hybridized carbons (Fsp3) is 0.429. The fourth-order valence-electron chi connectivity index (χ4n) is 0.818. The van der Waals surface area contributed by atoms with Crippen LogP contribution in [0.25, 0.3) is 0 Å². The summed E-state index contributed by atoms with van der Waals surface area (Å²) in [7, 11) is 1.33. The quantitative estimate of drug-likeness (QED) is 0.540. The van der Waals surface area contributed by atoms with Crippen LogP contribution in [0.3, 0.4) is 0 Å². The van der Waals surface area contributed by atoms with Gasteiger partial charge in [-0.05, 0) is 6.42 Å². The van der Waals surface area contributed by atoms with Crippen molar-refractivity contribution in [1.29, 1.82) is 0 Å². The Morgan fingerprint density at radius 2 is 2.45 bits per heavy atom. The maximum Gasteiger partial charge on any atom is 0.358 e. The van der Waals surface area contributed by atoms with Crippen molar-refractivity contribution >= 4 is 12.3 Å². The molecule has 4 heteroatoms. The molecule has 1 aliphatic rings. The lowest BCUT2D eigenvalue weighted by atomic mass is 10.3. The van der Waals surface area contributed by atoms with Crippen molar-refractivity contribution in [2.75, 3.05) is 7.11 Å². The van der Waals surface area contributed by atoms with Crippen LogP contribution in [0.1, 0.15) is 13.3 Å². The van der Waals surface area contributed by atoms with E-state index in [-0.39, 0.29) is 0 Å². The number of carbonyl (C=O) groups is 1. The first kappa shape index (κ1) is 7.78. The van der Waals surface area contributed by atoms with E-state index in [1.54, 1.807) is 0 Å². The number of ether oxygens (including phenoxy) is 1. The summed E-state index contributed by atoms with van der Waals surface area (Å²) < 4.78 is 4.50. The highest BCUT2D eigenvalue weighted by atomic mass is 16.5. The Kier molecular flexibility index (Phi) is 2.25. The van der Waals surface area contributed by atoms with Gasteiger partial charge in [-0.1, -0.05) is 6.92 Å². The number of nitrogens with zero attached hydrogens (tertiary/aromatic N) is 2. The molecule has 0 aromatic rings. The first-order valence-corrected chi connectivity index (χ1v) is 3.34. The molecule has 0 aliphatic carbocycles.